The molecule has 1 heterocycles. The number of aromatic nitrogens is 2. The van der Waals surface area contributed by atoms with Gasteiger partial charge in [0.05, 0.1) is 13.2 Å². The lowest BCUT2D eigenvalue weighted by Crippen LogP contribution is -2.11. The normalized spacial score (nSPS) is 10.6. The molecule has 2 N–H and O–H groups in total. The Morgan fingerprint density at radius 1 is 1.45 bits per heavy atom. The summed E-state index contributed by atoms with van der Waals surface area (Å²) in [5.41, 5.74) is 7.26. The maximum atomic E-state index is 11.8. The van der Waals surface area contributed by atoms with E-state index in [9.17, 15) is 4.79 Å². The van der Waals surface area contributed by atoms with E-state index in [1.54, 1.807) is 11.5 Å². The molecule has 0 aliphatic carbocycles. The Morgan fingerprint density at radius 3 is 2.80 bits per heavy atom. The van der Waals surface area contributed by atoms with Crippen LogP contribution in [-0.2, 0) is 11.3 Å². The van der Waals surface area contributed by atoms with Gasteiger partial charge in [0.1, 0.15) is 11.6 Å². The SMILES string of the molecule is CCOC(=O)c1nc(C)n(Cc2ccccc2Br)c1N. The number of aryl methyl sites for hydroxylation is 1. The van der Waals surface area contributed by atoms with E-state index in [2.05, 4.69) is 20.9 Å². The minimum Gasteiger partial charge on any atom is -0.461 e. The highest BCUT2D eigenvalue weighted by atomic mass is 79.9. The molecule has 5 nitrogen and oxygen atoms in total. The Balaban J connectivity index is 2.34. The summed E-state index contributed by atoms with van der Waals surface area (Å²) in [5, 5.41) is 0. The van der Waals surface area contributed by atoms with Gasteiger partial charge >= 0.3 is 5.97 Å². The zero-order chi connectivity index (χ0) is 14.7. The molecule has 0 radical (unpaired) electrons. The lowest BCUT2D eigenvalue weighted by molar-refractivity contribution is 0.0521. The Hall–Kier alpha value is -1.82. The molecule has 0 bridgehead atoms. The Morgan fingerprint density at radius 2 is 2.15 bits per heavy atom. The van der Waals surface area contributed by atoms with Gasteiger partial charge in [0.25, 0.3) is 0 Å². The predicted octanol–water partition coefficient (Wildman–Crippen LogP) is 2.76. The topological polar surface area (TPSA) is 70.1 Å². The second-order valence-corrected chi connectivity index (χ2v) is 5.15. The van der Waals surface area contributed by atoms with Crippen molar-refractivity contribution in [3.05, 3.63) is 45.8 Å². The van der Waals surface area contributed by atoms with Gasteiger partial charge in [0.15, 0.2) is 5.69 Å². The number of nitrogens with two attached hydrogens (primary N) is 1. The first-order valence-electron chi connectivity index (χ1n) is 6.27. The molecule has 2 aromatic rings. The van der Waals surface area contributed by atoms with Gasteiger partial charge in [-0.15, -0.1) is 0 Å². The third-order valence-corrected chi connectivity index (χ3v) is 3.73. The zero-order valence-electron chi connectivity index (χ0n) is 11.4. The first-order valence-corrected chi connectivity index (χ1v) is 7.07. The van der Waals surface area contributed by atoms with E-state index < -0.39 is 5.97 Å². The number of halogens is 1. The molecule has 0 atom stereocenters. The minimum atomic E-state index is -0.487. The maximum absolute atomic E-state index is 11.8. The summed E-state index contributed by atoms with van der Waals surface area (Å²) in [6.45, 7) is 4.41. The van der Waals surface area contributed by atoms with Crippen molar-refractivity contribution in [3.63, 3.8) is 0 Å². The number of carbonyl (C=O) groups is 1. The van der Waals surface area contributed by atoms with Gasteiger partial charge in [0.2, 0.25) is 0 Å². The lowest BCUT2D eigenvalue weighted by Gasteiger charge is -2.09. The number of hydrogen-bond donors (Lipinski definition) is 1. The van der Waals surface area contributed by atoms with E-state index in [-0.39, 0.29) is 5.69 Å². The van der Waals surface area contributed by atoms with Crippen molar-refractivity contribution in [3.8, 4) is 0 Å². The number of carbonyl (C=O) groups excluding carboxylic acids is 1. The van der Waals surface area contributed by atoms with E-state index in [1.165, 1.54) is 0 Å². The van der Waals surface area contributed by atoms with Crippen LogP contribution in [0, 0.1) is 6.92 Å². The molecule has 0 aliphatic heterocycles. The van der Waals surface area contributed by atoms with Crippen LogP contribution in [0.4, 0.5) is 5.82 Å². The predicted molar refractivity (Wildman–Crippen MR) is 80.6 cm³/mol. The number of rotatable bonds is 4. The number of esters is 1. The first-order chi connectivity index (χ1) is 9.54. The number of anilines is 1. The van der Waals surface area contributed by atoms with Gasteiger partial charge in [-0.05, 0) is 25.5 Å². The molecule has 0 aliphatic rings. The average molecular weight is 338 g/mol. The second-order valence-electron chi connectivity index (χ2n) is 4.29. The van der Waals surface area contributed by atoms with Crippen molar-refractivity contribution in [2.75, 3.05) is 12.3 Å². The van der Waals surface area contributed by atoms with E-state index in [1.807, 2.05) is 31.2 Å². The van der Waals surface area contributed by atoms with Crippen LogP contribution in [0.2, 0.25) is 0 Å². The van der Waals surface area contributed by atoms with Crippen LogP contribution in [0.15, 0.2) is 28.7 Å². The van der Waals surface area contributed by atoms with Crippen molar-refractivity contribution < 1.29 is 9.53 Å². The van der Waals surface area contributed by atoms with Gasteiger partial charge in [0, 0.05) is 4.47 Å². The van der Waals surface area contributed by atoms with Crippen LogP contribution in [-0.4, -0.2) is 22.1 Å². The number of benzene rings is 1. The summed E-state index contributed by atoms with van der Waals surface area (Å²) in [7, 11) is 0. The van der Waals surface area contributed by atoms with E-state index in [0.29, 0.717) is 24.8 Å². The smallest absolute Gasteiger partial charge is 0.360 e. The summed E-state index contributed by atoms with van der Waals surface area (Å²) in [6.07, 6.45) is 0. The molecule has 0 saturated carbocycles. The summed E-state index contributed by atoms with van der Waals surface area (Å²) in [6, 6.07) is 7.85. The summed E-state index contributed by atoms with van der Waals surface area (Å²) in [4.78, 5) is 16.0. The third kappa shape index (κ3) is 2.85. The molecule has 20 heavy (non-hydrogen) atoms. The molecule has 0 saturated heterocycles. The molecule has 2 rings (SSSR count). The highest BCUT2D eigenvalue weighted by Crippen LogP contribution is 2.21. The van der Waals surface area contributed by atoms with Gasteiger partial charge in [-0.25, -0.2) is 9.78 Å². The summed E-state index contributed by atoms with van der Waals surface area (Å²) in [5.74, 6) is 0.525. The monoisotopic (exact) mass is 337 g/mol. The van der Waals surface area contributed by atoms with Gasteiger partial charge < -0.3 is 15.0 Å². The van der Waals surface area contributed by atoms with Crippen LogP contribution in [0.1, 0.15) is 28.8 Å². The van der Waals surface area contributed by atoms with E-state index >= 15 is 0 Å². The van der Waals surface area contributed by atoms with Crippen molar-refractivity contribution >= 4 is 27.7 Å². The average Bonchev–Trinajstić information content (AvgIpc) is 2.69. The summed E-state index contributed by atoms with van der Waals surface area (Å²) < 4.78 is 7.74. The molecular formula is C14H16BrN3O2. The Kier molecular flexibility index (Phi) is 4.44. The zero-order valence-corrected chi connectivity index (χ0v) is 13.0. The van der Waals surface area contributed by atoms with Crippen molar-refractivity contribution in [2.45, 2.75) is 20.4 Å². The highest BCUT2D eigenvalue weighted by Gasteiger charge is 2.20. The van der Waals surface area contributed by atoms with Crippen molar-refractivity contribution in [2.24, 2.45) is 0 Å². The molecule has 0 amide bonds. The maximum Gasteiger partial charge on any atom is 0.360 e. The fraction of sp³-hybridized carbons (Fsp3) is 0.286. The fourth-order valence-electron chi connectivity index (χ4n) is 1.93. The Labute approximate surface area is 125 Å². The number of hydrogen-bond acceptors (Lipinski definition) is 4. The number of nitrogen functional groups attached to an aromatic ring is 1. The third-order valence-electron chi connectivity index (χ3n) is 2.95. The van der Waals surface area contributed by atoms with Gasteiger partial charge in [-0.3, -0.25) is 0 Å². The molecule has 0 spiro atoms. The van der Waals surface area contributed by atoms with Gasteiger partial charge in [-0.2, -0.15) is 0 Å². The lowest BCUT2D eigenvalue weighted by atomic mass is 10.2. The van der Waals surface area contributed by atoms with Crippen LogP contribution in [0.25, 0.3) is 0 Å². The first kappa shape index (κ1) is 14.6. The molecule has 1 aromatic heterocycles. The number of ether oxygens (including phenoxy) is 1. The standard InChI is InChI=1S/C14H16BrN3O2/c1-3-20-14(19)12-13(16)18(9(2)17-12)8-10-6-4-5-7-11(10)15/h4-7H,3,8,16H2,1-2H3. The summed E-state index contributed by atoms with van der Waals surface area (Å²) >= 11 is 3.50. The number of nitrogens with zero attached hydrogens (tertiary/aromatic N) is 2. The molecular weight excluding hydrogens is 322 g/mol. The quantitative estimate of drug-likeness (QED) is 0.871. The van der Waals surface area contributed by atoms with Crippen LogP contribution >= 0.6 is 15.9 Å². The van der Waals surface area contributed by atoms with Crippen LogP contribution in [0.3, 0.4) is 0 Å². The van der Waals surface area contributed by atoms with E-state index in [0.717, 1.165) is 10.0 Å². The van der Waals surface area contributed by atoms with Crippen LogP contribution in [0.5, 0.6) is 0 Å². The van der Waals surface area contributed by atoms with E-state index in [4.69, 9.17) is 10.5 Å². The van der Waals surface area contributed by atoms with Crippen molar-refractivity contribution in [1.29, 1.82) is 0 Å². The molecule has 0 fully saturated rings. The molecule has 0 unspecified atom stereocenters. The van der Waals surface area contributed by atoms with Crippen molar-refractivity contribution in [1.82, 2.24) is 9.55 Å². The minimum absolute atomic E-state index is 0.177. The largest absolute Gasteiger partial charge is 0.461 e. The Bertz CT molecular complexity index is 637. The molecule has 1 aromatic carbocycles. The fourth-order valence-corrected chi connectivity index (χ4v) is 2.34. The highest BCUT2D eigenvalue weighted by molar-refractivity contribution is 9.10. The second kappa shape index (κ2) is 6.09. The molecule has 106 valence electrons. The van der Waals surface area contributed by atoms with Crippen LogP contribution < -0.4 is 5.73 Å². The molecule has 6 heteroatoms. The number of imidazole rings is 1. The van der Waals surface area contributed by atoms with Gasteiger partial charge in [-0.1, -0.05) is 34.1 Å².